The van der Waals surface area contributed by atoms with Gasteiger partial charge in [0, 0.05) is 0 Å². The minimum Gasteiger partial charge on any atom is -0.506 e. The zero-order chi connectivity index (χ0) is 12.3. The maximum Gasteiger partial charge on any atom is 0.241 e. The van der Waals surface area contributed by atoms with Gasteiger partial charge in [0.05, 0.1) is 11.7 Å². The molecule has 1 amide bonds. The zero-order valence-electron chi connectivity index (χ0n) is 9.82. The normalized spacial score (nSPS) is 13.2. The predicted octanol–water partition coefficient (Wildman–Crippen LogP) is 1.70. The minimum atomic E-state index is -0.618. The molecule has 0 heterocycles. The molecule has 0 spiro atoms. The van der Waals surface area contributed by atoms with Crippen molar-refractivity contribution in [2.24, 2.45) is 11.1 Å². The number of benzene rings is 1. The molecule has 4 heteroatoms. The van der Waals surface area contributed by atoms with Crippen LogP contribution in [0.25, 0.3) is 0 Å². The maximum atomic E-state index is 11.8. The molecule has 0 aliphatic rings. The molecule has 0 aliphatic carbocycles. The quantitative estimate of drug-likeness (QED) is 0.667. The van der Waals surface area contributed by atoms with E-state index < -0.39 is 6.04 Å². The Kier molecular flexibility index (Phi) is 3.55. The van der Waals surface area contributed by atoms with Gasteiger partial charge in [-0.3, -0.25) is 4.79 Å². The van der Waals surface area contributed by atoms with E-state index in [9.17, 15) is 9.90 Å². The van der Waals surface area contributed by atoms with Gasteiger partial charge in [-0.05, 0) is 17.5 Å². The number of hydrogen-bond donors (Lipinski definition) is 3. The molecule has 1 atom stereocenters. The van der Waals surface area contributed by atoms with Crippen LogP contribution in [0.2, 0.25) is 0 Å². The lowest BCUT2D eigenvalue weighted by atomic mass is 9.87. The number of amides is 1. The molecule has 1 rings (SSSR count). The number of nitrogens with two attached hydrogens (primary N) is 1. The van der Waals surface area contributed by atoms with Gasteiger partial charge < -0.3 is 16.2 Å². The zero-order valence-corrected chi connectivity index (χ0v) is 9.82. The largest absolute Gasteiger partial charge is 0.506 e. The van der Waals surface area contributed by atoms with Gasteiger partial charge in [0.15, 0.2) is 0 Å². The number of phenolic OH excluding ortho intramolecular Hbond substituents is 1. The number of carbonyl (C=O) groups excluding carboxylic acids is 1. The summed E-state index contributed by atoms with van der Waals surface area (Å²) in [6.45, 7) is 5.67. The summed E-state index contributed by atoms with van der Waals surface area (Å²) in [6.07, 6.45) is 0. The first-order valence-electron chi connectivity index (χ1n) is 5.17. The monoisotopic (exact) mass is 222 g/mol. The third-order valence-corrected chi connectivity index (χ3v) is 2.38. The Morgan fingerprint density at radius 3 is 2.44 bits per heavy atom. The highest BCUT2D eigenvalue weighted by molar-refractivity contribution is 5.96. The van der Waals surface area contributed by atoms with E-state index in [2.05, 4.69) is 5.32 Å². The summed E-state index contributed by atoms with van der Waals surface area (Å²) in [5, 5.41) is 12.1. The van der Waals surface area contributed by atoms with Crippen molar-refractivity contribution in [2.75, 3.05) is 5.32 Å². The third-order valence-electron chi connectivity index (χ3n) is 2.38. The van der Waals surface area contributed by atoms with Gasteiger partial charge >= 0.3 is 0 Å². The average Bonchev–Trinajstić information content (AvgIpc) is 2.19. The summed E-state index contributed by atoms with van der Waals surface area (Å²) in [6, 6.07) is 5.94. The summed E-state index contributed by atoms with van der Waals surface area (Å²) in [4.78, 5) is 11.8. The number of phenols is 1. The highest BCUT2D eigenvalue weighted by Crippen LogP contribution is 2.23. The highest BCUT2D eigenvalue weighted by Gasteiger charge is 2.27. The standard InChI is InChI=1S/C12H18N2O2/c1-12(2,3)10(13)11(16)14-8-6-4-5-7-9(8)15/h4-7,10,15H,13H2,1-3H3,(H,14,16)/t10-/m1/s1. The van der Waals surface area contributed by atoms with Crippen LogP contribution in [-0.2, 0) is 4.79 Å². The number of anilines is 1. The molecule has 0 bridgehead atoms. The summed E-state index contributed by atoms with van der Waals surface area (Å²) < 4.78 is 0. The van der Waals surface area contributed by atoms with Crippen LogP contribution >= 0.6 is 0 Å². The first-order valence-corrected chi connectivity index (χ1v) is 5.17. The van der Waals surface area contributed by atoms with Crippen LogP contribution in [0.5, 0.6) is 5.75 Å². The fraction of sp³-hybridized carbons (Fsp3) is 0.417. The van der Waals surface area contributed by atoms with Crippen molar-refractivity contribution in [3.63, 3.8) is 0 Å². The Morgan fingerprint density at radius 1 is 1.38 bits per heavy atom. The van der Waals surface area contributed by atoms with Crippen molar-refractivity contribution < 1.29 is 9.90 Å². The SMILES string of the molecule is CC(C)(C)[C@H](N)C(=O)Nc1ccccc1O. The number of para-hydroxylation sites is 2. The summed E-state index contributed by atoms with van der Waals surface area (Å²) in [7, 11) is 0. The molecule has 16 heavy (non-hydrogen) atoms. The highest BCUT2D eigenvalue weighted by atomic mass is 16.3. The number of nitrogens with one attached hydrogen (secondary N) is 1. The van der Waals surface area contributed by atoms with Crippen LogP contribution < -0.4 is 11.1 Å². The van der Waals surface area contributed by atoms with Gasteiger partial charge in [-0.25, -0.2) is 0 Å². The first-order chi connectivity index (χ1) is 7.32. The number of aromatic hydroxyl groups is 1. The smallest absolute Gasteiger partial charge is 0.241 e. The molecule has 4 nitrogen and oxygen atoms in total. The van der Waals surface area contributed by atoms with Gasteiger partial charge in [-0.1, -0.05) is 32.9 Å². The molecule has 0 unspecified atom stereocenters. The van der Waals surface area contributed by atoms with Crippen molar-refractivity contribution in [3.8, 4) is 5.75 Å². The molecule has 0 aromatic heterocycles. The van der Waals surface area contributed by atoms with E-state index in [0.717, 1.165) is 0 Å². The molecular formula is C12H18N2O2. The van der Waals surface area contributed by atoms with E-state index in [0.29, 0.717) is 5.69 Å². The Labute approximate surface area is 95.5 Å². The molecule has 1 aromatic carbocycles. The lowest BCUT2D eigenvalue weighted by molar-refractivity contribution is -0.119. The van der Waals surface area contributed by atoms with E-state index in [1.807, 2.05) is 20.8 Å². The van der Waals surface area contributed by atoms with Gasteiger partial charge in [0.1, 0.15) is 5.75 Å². The van der Waals surface area contributed by atoms with E-state index in [1.54, 1.807) is 18.2 Å². The lowest BCUT2D eigenvalue weighted by Gasteiger charge is -2.25. The average molecular weight is 222 g/mol. The summed E-state index contributed by atoms with van der Waals surface area (Å²) >= 11 is 0. The van der Waals surface area contributed by atoms with Crippen molar-refractivity contribution in [3.05, 3.63) is 24.3 Å². The molecule has 0 saturated carbocycles. The maximum absolute atomic E-state index is 11.8. The van der Waals surface area contributed by atoms with Gasteiger partial charge in [-0.15, -0.1) is 0 Å². The van der Waals surface area contributed by atoms with E-state index in [-0.39, 0.29) is 17.1 Å². The second-order valence-electron chi connectivity index (χ2n) is 4.85. The van der Waals surface area contributed by atoms with Crippen LogP contribution in [0.15, 0.2) is 24.3 Å². The number of carbonyl (C=O) groups is 1. The van der Waals surface area contributed by atoms with E-state index >= 15 is 0 Å². The molecule has 0 saturated heterocycles. The van der Waals surface area contributed by atoms with E-state index in [4.69, 9.17) is 5.73 Å². The number of rotatable bonds is 2. The molecule has 0 radical (unpaired) electrons. The molecule has 0 fully saturated rings. The van der Waals surface area contributed by atoms with Crippen molar-refractivity contribution in [2.45, 2.75) is 26.8 Å². The van der Waals surface area contributed by atoms with Crippen LogP contribution in [0.4, 0.5) is 5.69 Å². The van der Waals surface area contributed by atoms with Crippen molar-refractivity contribution in [1.82, 2.24) is 0 Å². The molecular weight excluding hydrogens is 204 g/mol. The van der Waals surface area contributed by atoms with Crippen LogP contribution in [0, 0.1) is 5.41 Å². The lowest BCUT2D eigenvalue weighted by Crippen LogP contribution is -2.45. The molecule has 88 valence electrons. The van der Waals surface area contributed by atoms with Crippen LogP contribution in [0.3, 0.4) is 0 Å². The first kappa shape index (κ1) is 12.5. The van der Waals surface area contributed by atoms with Crippen molar-refractivity contribution >= 4 is 11.6 Å². The Morgan fingerprint density at radius 2 is 1.94 bits per heavy atom. The van der Waals surface area contributed by atoms with Crippen molar-refractivity contribution in [1.29, 1.82) is 0 Å². The Bertz CT molecular complexity index is 383. The Hall–Kier alpha value is -1.55. The summed E-state index contributed by atoms with van der Waals surface area (Å²) in [5.41, 5.74) is 5.87. The fourth-order valence-electron chi connectivity index (χ4n) is 1.18. The minimum absolute atomic E-state index is 0.0389. The van der Waals surface area contributed by atoms with E-state index in [1.165, 1.54) is 6.07 Å². The number of hydrogen-bond acceptors (Lipinski definition) is 3. The molecule has 4 N–H and O–H groups in total. The van der Waals surface area contributed by atoms with Crippen LogP contribution in [-0.4, -0.2) is 17.1 Å². The fourth-order valence-corrected chi connectivity index (χ4v) is 1.18. The Balaban J connectivity index is 2.76. The molecule has 0 aliphatic heterocycles. The van der Waals surface area contributed by atoms with Gasteiger partial charge in [0.2, 0.25) is 5.91 Å². The van der Waals surface area contributed by atoms with Crippen LogP contribution in [0.1, 0.15) is 20.8 Å². The summed E-state index contributed by atoms with van der Waals surface area (Å²) in [5.74, 6) is -0.258. The second-order valence-corrected chi connectivity index (χ2v) is 4.85. The predicted molar refractivity (Wildman–Crippen MR) is 64.2 cm³/mol. The second kappa shape index (κ2) is 4.53. The third kappa shape index (κ3) is 2.97. The topological polar surface area (TPSA) is 75.4 Å². The van der Waals surface area contributed by atoms with Gasteiger partial charge in [0.25, 0.3) is 0 Å². The molecule has 1 aromatic rings. The van der Waals surface area contributed by atoms with Gasteiger partial charge in [-0.2, -0.15) is 0 Å².